The van der Waals surface area contributed by atoms with Gasteiger partial charge in [0.05, 0.1) is 25.9 Å². The molecule has 4 unspecified atom stereocenters. The number of benzene rings is 1. The van der Waals surface area contributed by atoms with E-state index in [2.05, 4.69) is 18.9 Å². The van der Waals surface area contributed by atoms with Gasteiger partial charge in [-0.25, -0.2) is 4.79 Å². The Bertz CT molecular complexity index is 930. The van der Waals surface area contributed by atoms with Crippen LogP contribution in [-0.2, 0) is 28.5 Å². The summed E-state index contributed by atoms with van der Waals surface area (Å²) in [5.41, 5.74) is -0.779. The van der Waals surface area contributed by atoms with Crippen molar-refractivity contribution in [1.29, 1.82) is 0 Å². The molecule has 0 spiro atoms. The van der Waals surface area contributed by atoms with E-state index in [1.165, 1.54) is 13.8 Å². The van der Waals surface area contributed by atoms with Crippen LogP contribution in [0.4, 0.5) is 26.3 Å². The van der Waals surface area contributed by atoms with Crippen LogP contribution in [0.1, 0.15) is 35.7 Å². The Labute approximate surface area is 199 Å². The van der Waals surface area contributed by atoms with Crippen LogP contribution < -0.4 is 0 Å². The van der Waals surface area contributed by atoms with Gasteiger partial charge in [0.25, 0.3) is 11.6 Å². The van der Waals surface area contributed by atoms with E-state index in [-0.39, 0.29) is 5.56 Å². The average molecular weight is 532 g/mol. The van der Waals surface area contributed by atoms with Crippen LogP contribution in [0.3, 0.4) is 0 Å². The first-order valence-corrected chi connectivity index (χ1v) is 10.3. The Hall–Kier alpha value is -2.91. The van der Waals surface area contributed by atoms with Crippen molar-refractivity contribution >= 4 is 17.9 Å². The molecule has 1 aliphatic rings. The lowest BCUT2D eigenvalue weighted by Crippen LogP contribution is -2.73. The van der Waals surface area contributed by atoms with Gasteiger partial charge in [-0.1, -0.05) is 12.1 Å². The van der Waals surface area contributed by atoms with Crippen LogP contribution >= 0.6 is 0 Å². The zero-order valence-electron chi connectivity index (χ0n) is 19.0. The molecule has 0 radical (unpaired) electrons. The number of halogens is 6. The lowest BCUT2D eigenvalue weighted by molar-refractivity contribution is -0.507. The molecule has 15 heteroatoms. The Morgan fingerprint density at radius 1 is 0.861 bits per heavy atom. The second-order valence-corrected chi connectivity index (χ2v) is 7.59. The van der Waals surface area contributed by atoms with Crippen LogP contribution in [0.5, 0.6) is 0 Å². The largest absolute Gasteiger partial charge is 0.466 e. The van der Waals surface area contributed by atoms with Gasteiger partial charge in [-0.3, -0.25) is 9.59 Å². The number of carbonyl (C=O) groups is 3. The van der Waals surface area contributed by atoms with E-state index in [0.717, 1.165) is 31.4 Å². The molecule has 0 aliphatic carbocycles. The number of carbonyl (C=O) groups excluding carboxylic acids is 3. The molecule has 2 N–H and O–H groups in total. The van der Waals surface area contributed by atoms with Gasteiger partial charge in [0.15, 0.2) is 0 Å². The van der Waals surface area contributed by atoms with Crippen LogP contribution in [0.25, 0.3) is 0 Å². The summed E-state index contributed by atoms with van der Waals surface area (Å²) in [5, 5.41) is 20.9. The fourth-order valence-electron chi connectivity index (χ4n) is 3.93. The molecule has 0 saturated carbocycles. The van der Waals surface area contributed by atoms with Gasteiger partial charge in [0.2, 0.25) is 0 Å². The Morgan fingerprint density at radius 2 is 1.25 bits per heavy atom. The van der Waals surface area contributed by atoms with Crippen molar-refractivity contribution in [3.63, 3.8) is 0 Å². The van der Waals surface area contributed by atoms with E-state index in [1.54, 1.807) is 0 Å². The van der Waals surface area contributed by atoms with Crippen molar-refractivity contribution in [3.8, 4) is 0 Å². The zero-order chi connectivity index (χ0) is 27.7. The molecule has 0 amide bonds. The fourth-order valence-corrected chi connectivity index (χ4v) is 3.93. The molecule has 0 aromatic heterocycles. The molecular formula is C21H22F6O9. The van der Waals surface area contributed by atoms with Gasteiger partial charge in [0.1, 0.15) is 11.8 Å². The molecule has 1 aromatic carbocycles. The first-order chi connectivity index (χ1) is 16.5. The van der Waals surface area contributed by atoms with Gasteiger partial charge in [-0.2, -0.15) is 26.3 Å². The van der Waals surface area contributed by atoms with Gasteiger partial charge >= 0.3 is 30.3 Å². The topological polar surface area (TPSA) is 129 Å². The summed E-state index contributed by atoms with van der Waals surface area (Å²) < 4.78 is 102. The van der Waals surface area contributed by atoms with Crippen LogP contribution in [0, 0.1) is 11.8 Å². The first-order valence-electron chi connectivity index (χ1n) is 10.3. The van der Waals surface area contributed by atoms with E-state index in [0.29, 0.717) is 0 Å². The van der Waals surface area contributed by atoms with Crippen LogP contribution in [-0.4, -0.2) is 72.4 Å². The monoisotopic (exact) mass is 532 g/mol. The highest BCUT2D eigenvalue weighted by molar-refractivity contribution is 5.89. The van der Waals surface area contributed by atoms with Crippen molar-refractivity contribution in [2.45, 2.75) is 43.7 Å². The maximum absolute atomic E-state index is 14.1. The second-order valence-electron chi connectivity index (χ2n) is 7.59. The van der Waals surface area contributed by atoms with E-state index in [4.69, 9.17) is 0 Å². The molecular weight excluding hydrogens is 510 g/mol. The number of hydrogen-bond acceptors (Lipinski definition) is 9. The van der Waals surface area contributed by atoms with Gasteiger partial charge in [0, 0.05) is 5.92 Å². The molecule has 1 heterocycles. The molecule has 0 bridgehead atoms. The zero-order valence-corrected chi connectivity index (χ0v) is 19.0. The summed E-state index contributed by atoms with van der Waals surface area (Å²) in [5.74, 6) is -23.3. The lowest BCUT2D eigenvalue weighted by Gasteiger charge is -2.53. The molecule has 9 nitrogen and oxygen atoms in total. The van der Waals surface area contributed by atoms with Crippen LogP contribution in [0.2, 0.25) is 0 Å². The molecule has 1 fully saturated rings. The third kappa shape index (κ3) is 4.99. The predicted octanol–water partition coefficient (Wildman–Crippen LogP) is 2.45. The van der Waals surface area contributed by atoms with E-state index in [1.807, 2.05) is 0 Å². The third-order valence-electron chi connectivity index (χ3n) is 5.48. The third-order valence-corrected chi connectivity index (χ3v) is 5.48. The van der Waals surface area contributed by atoms with Crippen molar-refractivity contribution in [3.05, 3.63) is 35.4 Å². The van der Waals surface area contributed by atoms with E-state index in [9.17, 15) is 50.9 Å². The Kier molecular flexibility index (Phi) is 8.32. The highest BCUT2D eigenvalue weighted by Gasteiger charge is 2.80. The summed E-state index contributed by atoms with van der Waals surface area (Å²) >= 11 is 0. The van der Waals surface area contributed by atoms with Crippen molar-refractivity contribution < 1.29 is 69.9 Å². The summed E-state index contributed by atoms with van der Waals surface area (Å²) in [6.07, 6.45) is -12.2. The molecule has 36 heavy (non-hydrogen) atoms. The van der Waals surface area contributed by atoms with Gasteiger partial charge in [-0.15, -0.1) is 0 Å². The second kappa shape index (κ2) is 10.2. The molecule has 202 valence electrons. The number of rotatable bonds is 6. The lowest BCUT2D eigenvalue weighted by atomic mass is 9.66. The highest BCUT2D eigenvalue weighted by Crippen LogP contribution is 2.59. The minimum Gasteiger partial charge on any atom is -0.466 e. The quantitative estimate of drug-likeness (QED) is 0.323. The maximum Gasteiger partial charge on any atom is 0.444 e. The van der Waals surface area contributed by atoms with E-state index < -0.39 is 78.4 Å². The number of methoxy groups -OCH3 is 1. The number of hydrogen-bond donors (Lipinski definition) is 2. The predicted molar refractivity (Wildman–Crippen MR) is 104 cm³/mol. The number of esters is 3. The minimum absolute atomic E-state index is 0.189. The van der Waals surface area contributed by atoms with Crippen LogP contribution in [0.15, 0.2) is 24.3 Å². The summed E-state index contributed by atoms with van der Waals surface area (Å²) in [7, 11) is 1.01. The summed E-state index contributed by atoms with van der Waals surface area (Å²) in [6.45, 7) is 1.21. The number of ether oxygens (including phenoxy) is 4. The SMILES string of the molecule is CCOC(=O)C1C(c2ccc(C(=O)OC)cc2)C(C(=O)OCC)C(O)(C(F)(F)F)OC1(O)C(F)(F)F. The number of alkyl halides is 6. The molecule has 1 aromatic rings. The fraction of sp³-hybridized carbons (Fsp3) is 0.571. The van der Waals surface area contributed by atoms with Gasteiger partial charge < -0.3 is 29.2 Å². The van der Waals surface area contributed by atoms with Gasteiger partial charge in [-0.05, 0) is 31.5 Å². The number of aliphatic hydroxyl groups is 2. The maximum atomic E-state index is 14.1. The molecule has 1 saturated heterocycles. The Balaban J connectivity index is 2.95. The van der Waals surface area contributed by atoms with Crippen molar-refractivity contribution in [2.24, 2.45) is 11.8 Å². The van der Waals surface area contributed by atoms with E-state index >= 15 is 0 Å². The normalized spacial score (nSPS) is 28.8. The summed E-state index contributed by atoms with van der Waals surface area (Å²) in [4.78, 5) is 37.1. The summed E-state index contributed by atoms with van der Waals surface area (Å²) in [6, 6.07) is 3.52. The standard InChI is InChI=1S/C21H22F6O9/c1-4-34-16(29)13-12(10-6-8-11(9-7-10)15(28)33-3)14(17(30)35-5-2)19(32,21(25,26)27)36-18(13,31)20(22,23)24/h6-9,12-14,31-32H,4-5H2,1-3H3. The van der Waals surface area contributed by atoms with Crippen molar-refractivity contribution in [1.82, 2.24) is 0 Å². The first kappa shape index (κ1) is 29.3. The molecule has 4 atom stereocenters. The minimum atomic E-state index is -6.10. The highest BCUT2D eigenvalue weighted by atomic mass is 19.4. The average Bonchev–Trinajstić information content (AvgIpc) is 2.76. The molecule has 1 aliphatic heterocycles. The Morgan fingerprint density at radius 3 is 1.56 bits per heavy atom. The van der Waals surface area contributed by atoms with Crippen molar-refractivity contribution in [2.75, 3.05) is 20.3 Å². The smallest absolute Gasteiger partial charge is 0.444 e. The molecule has 2 rings (SSSR count).